The highest BCUT2D eigenvalue weighted by Crippen LogP contribution is 2.18. The Labute approximate surface area is 174 Å². The van der Waals surface area contributed by atoms with Gasteiger partial charge in [-0.25, -0.2) is 13.1 Å². The number of nitrogens with one attached hydrogen (secondary N) is 3. The van der Waals surface area contributed by atoms with Crippen molar-refractivity contribution in [1.29, 1.82) is 0 Å². The number of sulfonamides is 1. The lowest BCUT2D eigenvalue weighted by molar-refractivity contribution is -0.153. The van der Waals surface area contributed by atoms with Gasteiger partial charge in [0.05, 0.1) is 5.75 Å². The number of halogens is 4. The predicted octanol–water partition coefficient (Wildman–Crippen LogP) is 1.85. The van der Waals surface area contributed by atoms with Gasteiger partial charge in [-0.05, 0) is 24.6 Å². The molecule has 0 radical (unpaired) electrons. The van der Waals surface area contributed by atoms with Gasteiger partial charge in [0.1, 0.15) is 5.75 Å². The van der Waals surface area contributed by atoms with Gasteiger partial charge in [-0.3, -0.25) is 4.99 Å². The summed E-state index contributed by atoms with van der Waals surface area (Å²) in [5.41, 5.74) is 0.819. The Kier molecular flexibility index (Phi) is 11.7. The fourth-order valence-corrected chi connectivity index (χ4v) is 2.38. The number of ether oxygens (including phenoxy) is 1. The third-order valence-electron chi connectivity index (χ3n) is 3.13. The fourth-order valence-electron chi connectivity index (χ4n) is 1.76. The second-order valence-corrected chi connectivity index (χ2v) is 7.29. The molecular weight excluding hydrogens is 500 g/mol. The zero-order valence-corrected chi connectivity index (χ0v) is 18.1. The average molecular weight is 524 g/mol. The van der Waals surface area contributed by atoms with Crippen LogP contribution in [0.4, 0.5) is 13.2 Å². The summed E-state index contributed by atoms with van der Waals surface area (Å²) in [6.07, 6.45) is -4.37. The van der Waals surface area contributed by atoms with Crippen molar-refractivity contribution in [2.75, 3.05) is 32.5 Å². The zero-order valence-electron chi connectivity index (χ0n) is 15.0. The molecule has 0 aliphatic heterocycles. The van der Waals surface area contributed by atoms with Crippen LogP contribution in [0.25, 0.3) is 0 Å². The molecule has 0 unspecified atom stereocenters. The molecule has 1 aromatic carbocycles. The van der Waals surface area contributed by atoms with E-state index in [4.69, 9.17) is 0 Å². The first kappa shape index (κ1) is 25.7. The third kappa shape index (κ3) is 11.9. The van der Waals surface area contributed by atoms with Gasteiger partial charge in [0.25, 0.3) is 0 Å². The second kappa shape index (κ2) is 12.2. The van der Waals surface area contributed by atoms with Crippen molar-refractivity contribution in [1.82, 2.24) is 15.4 Å². The molecule has 1 rings (SSSR count). The molecule has 0 fully saturated rings. The average Bonchev–Trinajstić information content (AvgIpc) is 2.59. The molecular formula is C15H24F3IN4O3S. The summed E-state index contributed by atoms with van der Waals surface area (Å²) in [7, 11) is -1.66. The Morgan fingerprint density at radius 3 is 2.30 bits per heavy atom. The molecule has 0 amide bonds. The van der Waals surface area contributed by atoms with Crippen LogP contribution in [0.3, 0.4) is 0 Å². The Morgan fingerprint density at radius 2 is 1.78 bits per heavy atom. The van der Waals surface area contributed by atoms with Crippen molar-refractivity contribution in [3.8, 4) is 5.75 Å². The van der Waals surface area contributed by atoms with E-state index in [0.717, 1.165) is 5.56 Å². The van der Waals surface area contributed by atoms with Gasteiger partial charge in [0.15, 0.2) is 12.6 Å². The quantitative estimate of drug-likeness (QED) is 0.199. The molecule has 0 spiro atoms. The fraction of sp³-hybridized carbons (Fsp3) is 0.533. The molecule has 0 aromatic heterocycles. The number of aliphatic imine (C=N–C) groups is 1. The Balaban J connectivity index is 0.00000676. The SMILES string of the molecule is CCS(=O)(=O)NCCNC(=NC)NCc1ccc(OCC(F)(F)F)cc1.I. The second-order valence-electron chi connectivity index (χ2n) is 5.20. The van der Waals surface area contributed by atoms with Crippen LogP contribution in [0.2, 0.25) is 0 Å². The van der Waals surface area contributed by atoms with Crippen LogP contribution >= 0.6 is 24.0 Å². The summed E-state index contributed by atoms with van der Waals surface area (Å²) in [6.45, 7) is 1.18. The maximum absolute atomic E-state index is 12.1. The smallest absolute Gasteiger partial charge is 0.422 e. The number of nitrogens with zero attached hydrogens (tertiary/aromatic N) is 1. The van der Waals surface area contributed by atoms with Crippen LogP contribution in [0.1, 0.15) is 12.5 Å². The van der Waals surface area contributed by atoms with Crippen molar-refractivity contribution in [3.05, 3.63) is 29.8 Å². The molecule has 0 saturated carbocycles. The van der Waals surface area contributed by atoms with Crippen LogP contribution in [-0.4, -0.2) is 53.1 Å². The molecule has 0 aliphatic rings. The van der Waals surface area contributed by atoms with E-state index in [9.17, 15) is 21.6 Å². The lowest BCUT2D eigenvalue weighted by Gasteiger charge is -2.13. The molecule has 12 heteroatoms. The molecule has 27 heavy (non-hydrogen) atoms. The van der Waals surface area contributed by atoms with E-state index in [1.807, 2.05) is 0 Å². The van der Waals surface area contributed by atoms with Crippen LogP contribution in [-0.2, 0) is 16.6 Å². The number of rotatable bonds is 9. The van der Waals surface area contributed by atoms with E-state index in [1.165, 1.54) is 12.1 Å². The monoisotopic (exact) mass is 524 g/mol. The molecule has 0 bridgehead atoms. The first-order valence-electron chi connectivity index (χ1n) is 7.85. The molecule has 0 atom stereocenters. The predicted molar refractivity (Wildman–Crippen MR) is 109 cm³/mol. The topological polar surface area (TPSA) is 91.8 Å². The van der Waals surface area contributed by atoms with Crippen LogP contribution in [0.15, 0.2) is 29.3 Å². The number of hydrogen-bond acceptors (Lipinski definition) is 4. The molecule has 3 N–H and O–H groups in total. The van der Waals surface area contributed by atoms with E-state index in [1.54, 1.807) is 26.1 Å². The molecule has 0 saturated heterocycles. The molecule has 1 aromatic rings. The lowest BCUT2D eigenvalue weighted by atomic mass is 10.2. The maximum atomic E-state index is 12.1. The van der Waals surface area contributed by atoms with Gasteiger partial charge in [-0.15, -0.1) is 24.0 Å². The van der Waals surface area contributed by atoms with E-state index in [0.29, 0.717) is 19.0 Å². The minimum absolute atomic E-state index is 0. The Bertz CT molecular complexity index is 683. The first-order valence-corrected chi connectivity index (χ1v) is 9.51. The van der Waals surface area contributed by atoms with Crippen molar-refractivity contribution in [3.63, 3.8) is 0 Å². The van der Waals surface area contributed by atoms with Crippen LogP contribution in [0.5, 0.6) is 5.75 Å². The molecule has 156 valence electrons. The number of hydrogen-bond donors (Lipinski definition) is 3. The highest BCUT2D eigenvalue weighted by Gasteiger charge is 2.28. The van der Waals surface area contributed by atoms with E-state index < -0.39 is 22.8 Å². The van der Waals surface area contributed by atoms with Crippen molar-refractivity contribution < 1.29 is 26.3 Å². The summed E-state index contributed by atoms with van der Waals surface area (Å²) in [5, 5.41) is 5.96. The van der Waals surface area contributed by atoms with Crippen LogP contribution in [0, 0.1) is 0 Å². The summed E-state index contributed by atoms with van der Waals surface area (Å²) in [4.78, 5) is 4.00. The highest BCUT2D eigenvalue weighted by molar-refractivity contribution is 14.0. The number of alkyl halides is 3. The van der Waals surface area contributed by atoms with Crippen molar-refractivity contribution in [2.45, 2.75) is 19.6 Å². The van der Waals surface area contributed by atoms with Gasteiger partial charge in [0, 0.05) is 26.7 Å². The molecule has 0 aliphatic carbocycles. The van der Waals surface area contributed by atoms with Gasteiger partial charge in [0.2, 0.25) is 10.0 Å². The van der Waals surface area contributed by atoms with Gasteiger partial charge >= 0.3 is 6.18 Å². The summed E-state index contributed by atoms with van der Waals surface area (Å²) in [5.74, 6) is 0.623. The minimum Gasteiger partial charge on any atom is -0.484 e. The largest absolute Gasteiger partial charge is 0.484 e. The molecule has 7 nitrogen and oxygen atoms in total. The Hall–Kier alpha value is -1.28. The normalized spacial score (nSPS) is 12.3. The van der Waals surface area contributed by atoms with E-state index in [2.05, 4.69) is 25.1 Å². The minimum atomic E-state index is -4.37. The van der Waals surface area contributed by atoms with Crippen molar-refractivity contribution in [2.24, 2.45) is 4.99 Å². The van der Waals surface area contributed by atoms with Crippen LogP contribution < -0.4 is 20.1 Å². The third-order valence-corrected chi connectivity index (χ3v) is 4.53. The highest BCUT2D eigenvalue weighted by atomic mass is 127. The summed E-state index contributed by atoms with van der Waals surface area (Å²) >= 11 is 0. The zero-order chi connectivity index (χ0) is 19.6. The number of guanidine groups is 1. The molecule has 0 heterocycles. The van der Waals surface area contributed by atoms with Gasteiger partial charge in [-0.1, -0.05) is 12.1 Å². The maximum Gasteiger partial charge on any atom is 0.422 e. The summed E-state index contributed by atoms with van der Waals surface area (Å²) < 4.78 is 65.9. The first-order chi connectivity index (χ1) is 12.1. The van der Waals surface area contributed by atoms with E-state index in [-0.39, 0.29) is 42.0 Å². The van der Waals surface area contributed by atoms with E-state index >= 15 is 0 Å². The standard InChI is InChI=1S/C15H23F3N4O3S.HI/c1-3-26(23,24)22-9-8-20-14(19-2)21-10-12-4-6-13(7-5-12)25-11-15(16,17)18;/h4-7,22H,3,8-11H2,1-2H3,(H2,19,20,21);1H. The Morgan fingerprint density at radius 1 is 1.15 bits per heavy atom. The van der Waals surface area contributed by atoms with Gasteiger partial charge < -0.3 is 15.4 Å². The number of benzene rings is 1. The summed E-state index contributed by atoms with van der Waals surface area (Å²) in [6, 6.07) is 6.19. The lowest BCUT2D eigenvalue weighted by Crippen LogP contribution is -2.41. The van der Waals surface area contributed by atoms with Crippen molar-refractivity contribution >= 4 is 40.0 Å². The van der Waals surface area contributed by atoms with Gasteiger partial charge in [-0.2, -0.15) is 13.2 Å².